The van der Waals surface area contributed by atoms with Gasteiger partial charge in [-0.3, -0.25) is 4.90 Å². The summed E-state index contributed by atoms with van der Waals surface area (Å²) in [5.41, 5.74) is 0.407. The third-order valence-corrected chi connectivity index (χ3v) is 4.74. The van der Waals surface area contributed by atoms with Crippen LogP contribution < -0.4 is 0 Å². The van der Waals surface area contributed by atoms with Crippen LogP contribution >= 0.6 is 45.2 Å². The molecule has 0 aromatic rings. The van der Waals surface area contributed by atoms with Crippen molar-refractivity contribution in [2.75, 3.05) is 15.5 Å². The molecule has 0 aliphatic heterocycles. The van der Waals surface area contributed by atoms with Crippen molar-refractivity contribution in [1.29, 1.82) is 0 Å². The van der Waals surface area contributed by atoms with Crippen molar-refractivity contribution in [2.24, 2.45) is 11.3 Å². The lowest BCUT2D eigenvalue weighted by Crippen LogP contribution is -2.42. The first kappa shape index (κ1) is 15.4. The van der Waals surface area contributed by atoms with Gasteiger partial charge >= 0.3 is 0 Å². The van der Waals surface area contributed by atoms with Crippen molar-refractivity contribution in [3.63, 3.8) is 0 Å². The number of rotatable bonds is 5. The standard InChI is InChI=1S/C11H23I2N/c1-9(6-12)10(2)14(8-13)7-11(3,4)5/h9-10H,6-8H2,1-5H3/t9?,10-/m0/s1. The second-order valence-corrected chi connectivity index (χ2v) is 6.86. The quantitative estimate of drug-likeness (QED) is 0.365. The molecule has 0 amide bonds. The lowest BCUT2D eigenvalue weighted by molar-refractivity contribution is 0.149. The van der Waals surface area contributed by atoms with E-state index >= 15 is 0 Å². The number of hydrogen-bond acceptors (Lipinski definition) is 1. The molecule has 0 fully saturated rings. The second-order valence-electron chi connectivity index (χ2n) is 5.30. The maximum atomic E-state index is 2.59. The first-order valence-corrected chi connectivity index (χ1v) is 8.23. The van der Waals surface area contributed by atoms with Gasteiger partial charge in [0, 0.05) is 17.0 Å². The molecule has 86 valence electrons. The fraction of sp³-hybridized carbons (Fsp3) is 1.00. The van der Waals surface area contributed by atoms with Gasteiger partial charge in [0.05, 0.1) is 4.55 Å². The van der Waals surface area contributed by atoms with Crippen LogP contribution in [0.3, 0.4) is 0 Å². The SMILES string of the molecule is CC(CI)[C@H](C)N(CI)CC(C)(C)C. The van der Waals surface area contributed by atoms with Crippen LogP contribution in [0, 0.1) is 11.3 Å². The van der Waals surface area contributed by atoms with Gasteiger partial charge in [-0.1, -0.05) is 72.9 Å². The predicted octanol–water partition coefficient (Wildman–Crippen LogP) is 4.19. The van der Waals surface area contributed by atoms with Crippen LogP contribution in [-0.4, -0.2) is 26.5 Å². The lowest BCUT2D eigenvalue weighted by Gasteiger charge is -2.35. The zero-order chi connectivity index (χ0) is 11.4. The lowest BCUT2D eigenvalue weighted by atomic mass is 9.94. The molecule has 14 heavy (non-hydrogen) atoms. The van der Waals surface area contributed by atoms with Gasteiger partial charge in [-0.15, -0.1) is 0 Å². The zero-order valence-corrected chi connectivity index (χ0v) is 14.3. The Kier molecular flexibility index (Phi) is 7.58. The molecule has 0 aliphatic carbocycles. The van der Waals surface area contributed by atoms with E-state index in [1.807, 2.05) is 0 Å². The number of hydrogen-bond donors (Lipinski definition) is 0. The van der Waals surface area contributed by atoms with Gasteiger partial charge in [0.15, 0.2) is 0 Å². The van der Waals surface area contributed by atoms with Crippen LogP contribution in [0.2, 0.25) is 0 Å². The van der Waals surface area contributed by atoms with Gasteiger partial charge in [-0.2, -0.15) is 0 Å². The van der Waals surface area contributed by atoms with E-state index in [0.717, 1.165) is 10.5 Å². The molecule has 2 atom stereocenters. The second kappa shape index (κ2) is 6.89. The highest BCUT2D eigenvalue weighted by Crippen LogP contribution is 2.21. The molecule has 0 aromatic heterocycles. The number of nitrogens with zero attached hydrogens (tertiary/aromatic N) is 1. The summed E-state index contributed by atoms with van der Waals surface area (Å²) >= 11 is 4.96. The van der Waals surface area contributed by atoms with Gasteiger partial charge in [-0.25, -0.2) is 0 Å². The third kappa shape index (κ3) is 6.10. The normalized spacial score (nSPS) is 17.1. The summed E-state index contributed by atoms with van der Waals surface area (Å²) < 4.78 is 2.38. The van der Waals surface area contributed by atoms with E-state index in [2.05, 4.69) is 84.7 Å². The Morgan fingerprint density at radius 3 is 1.93 bits per heavy atom. The molecule has 1 nitrogen and oxygen atoms in total. The molecular weight excluding hydrogens is 400 g/mol. The minimum absolute atomic E-state index is 0.407. The van der Waals surface area contributed by atoms with E-state index in [9.17, 15) is 0 Å². The molecule has 0 aliphatic rings. The molecule has 0 saturated carbocycles. The molecule has 0 aromatic carbocycles. The zero-order valence-electron chi connectivity index (χ0n) is 9.98. The molecule has 0 heterocycles. The fourth-order valence-corrected chi connectivity index (χ4v) is 2.99. The molecule has 0 saturated heterocycles. The largest absolute Gasteiger partial charge is 0.291 e. The number of alkyl halides is 2. The molecule has 0 radical (unpaired) electrons. The van der Waals surface area contributed by atoms with E-state index in [4.69, 9.17) is 0 Å². The van der Waals surface area contributed by atoms with Crippen LogP contribution in [0.1, 0.15) is 34.6 Å². The Morgan fingerprint density at radius 2 is 1.64 bits per heavy atom. The molecule has 1 unspecified atom stereocenters. The van der Waals surface area contributed by atoms with Crippen LogP contribution in [0.25, 0.3) is 0 Å². The molecular formula is C11H23I2N. The van der Waals surface area contributed by atoms with Gasteiger partial charge in [0.25, 0.3) is 0 Å². The Balaban J connectivity index is 4.26. The number of halogens is 2. The van der Waals surface area contributed by atoms with Crippen LogP contribution in [0.5, 0.6) is 0 Å². The van der Waals surface area contributed by atoms with Crippen molar-refractivity contribution in [3.8, 4) is 0 Å². The fourth-order valence-electron chi connectivity index (χ4n) is 1.39. The Bertz CT molecular complexity index is 154. The first-order valence-electron chi connectivity index (χ1n) is 5.18. The minimum Gasteiger partial charge on any atom is -0.291 e. The van der Waals surface area contributed by atoms with Crippen LogP contribution in [0.4, 0.5) is 0 Å². The van der Waals surface area contributed by atoms with E-state index in [0.29, 0.717) is 11.5 Å². The highest BCUT2D eigenvalue weighted by molar-refractivity contribution is 14.1. The van der Waals surface area contributed by atoms with Crippen LogP contribution in [-0.2, 0) is 0 Å². The Hall–Kier alpha value is 1.42. The molecule has 0 rings (SSSR count). The summed E-state index contributed by atoms with van der Waals surface area (Å²) in [5.74, 6) is 0.785. The van der Waals surface area contributed by atoms with Gasteiger partial charge in [0.2, 0.25) is 0 Å². The summed E-state index contributed by atoms with van der Waals surface area (Å²) in [5, 5.41) is 0. The third-order valence-electron chi connectivity index (χ3n) is 2.47. The van der Waals surface area contributed by atoms with E-state index in [1.165, 1.54) is 11.0 Å². The maximum absolute atomic E-state index is 2.59. The average molecular weight is 423 g/mol. The average Bonchev–Trinajstić information content (AvgIpc) is 2.10. The molecule has 0 spiro atoms. The molecule has 0 bridgehead atoms. The highest BCUT2D eigenvalue weighted by Gasteiger charge is 2.23. The monoisotopic (exact) mass is 423 g/mol. The Morgan fingerprint density at radius 1 is 1.14 bits per heavy atom. The molecule has 3 heteroatoms. The maximum Gasteiger partial charge on any atom is 0.0508 e. The minimum atomic E-state index is 0.407. The van der Waals surface area contributed by atoms with E-state index in [1.54, 1.807) is 0 Å². The summed E-state index contributed by atoms with van der Waals surface area (Å²) in [7, 11) is 0. The summed E-state index contributed by atoms with van der Waals surface area (Å²) in [6.45, 7) is 12.8. The summed E-state index contributed by atoms with van der Waals surface area (Å²) in [6, 6.07) is 0.697. The summed E-state index contributed by atoms with van der Waals surface area (Å²) in [6.07, 6.45) is 0. The first-order chi connectivity index (χ1) is 6.31. The van der Waals surface area contributed by atoms with Crippen molar-refractivity contribution < 1.29 is 0 Å². The van der Waals surface area contributed by atoms with E-state index < -0.39 is 0 Å². The topological polar surface area (TPSA) is 3.24 Å². The molecule has 0 N–H and O–H groups in total. The van der Waals surface area contributed by atoms with Crippen LogP contribution in [0.15, 0.2) is 0 Å². The van der Waals surface area contributed by atoms with E-state index in [-0.39, 0.29) is 0 Å². The smallest absolute Gasteiger partial charge is 0.0508 e. The van der Waals surface area contributed by atoms with Crippen molar-refractivity contribution >= 4 is 45.2 Å². The highest BCUT2D eigenvalue weighted by atomic mass is 127. The van der Waals surface area contributed by atoms with Gasteiger partial charge < -0.3 is 0 Å². The Labute approximate surface area is 117 Å². The van der Waals surface area contributed by atoms with Gasteiger partial charge in [0.1, 0.15) is 0 Å². The predicted molar refractivity (Wildman–Crippen MR) is 82.6 cm³/mol. The van der Waals surface area contributed by atoms with Crippen molar-refractivity contribution in [3.05, 3.63) is 0 Å². The van der Waals surface area contributed by atoms with Gasteiger partial charge in [-0.05, 0) is 18.3 Å². The van der Waals surface area contributed by atoms with Crippen molar-refractivity contribution in [2.45, 2.75) is 40.7 Å². The van der Waals surface area contributed by atoms with Crippen molar-refractivity contribution in [1.82, 2.24) is 4.90 Å². The summed E-state index contributed by atoms with van der Waals surface area (Å²) in [4.78, 5) is 2.59.